The topological polar surface area (TPSA) is 52.7 Å². The van der Waals surface area contributed by atoms with Gasteiger partial charge in [0.1, 0.15) is 0 Å². The Balaban J connectivity index is 2.00. The Hall–Kier alpha value is -0.170. The van der Waals surface area contributed by atoms with Crippen molar-refractivity contribution in [3.8, 4) is 0 Å². The lowest BCUT2D eigenvalue weighted by Gasteiger charge is -2.36. The van der Waals surface area contributed by atoms with Gasteiger partial charge in [-0.15, -0.1) is 0 Å². The first-order valence-electron chi connectivity index (χ1n) is 8.04. The Bertz CT molecular complexity index is 376. The Morgan fingerprint density at radius 1 is 0.950 bits per heavy atom. The highest BCUT2D eigenvalue weighted by molar-refractivity contribution is 7.86. The molecule has 1 N–H and O–H groups in total. The van der Waals surface area contributed by atoms with Crippen LogP contribution in [0.25, 0.3) is 0 Å². The van der Waals surface area contributed by atoms with E-state index in [1.54, 1.807) is 8.61 Å². The standard InChI is InChI=1S/C14H29N3O2S/c1-15-12-14-8-7-11-17(13-14)20(18,19)16-9-5-3-2-4-6-10-16/h14-15H,2-13H2,1H3. The number of hydrogen-bond donors (Lipinski definition) is 1. The molecule has 2 aliphatic rings. The minimum absolute atomic E-state index is 0.457. The first kappa shape index (κ1) is 16.2. The molecular formula is C14H29N3O2S. The third-order valence-corrected chi connectivity index (χ3v) is 6.44. The molecule has 2 saturated heterocycles. The summed E-state index contributed by atoms with van der Waals surface area (Å²) in [6, 6.07) is 0. The number of nitrogens with zero attached hydrogens (tertiary/aromatic N) is 2. The van der Waals surface area contributed by atoms with E-state index < -0.39 is 10.2 Å². The summed E-state index contributed by atoms with van der Waals surface area (Å²) in [6.07, 6.45) is 7.71. The van der Waals surface area contributed by atoms with Crippen molar-refractivity contribution in [1.29, 1.82) is 0 Å². The van der Waals surface area contributed by atoms with E-state index in [4.69, 9.17) is 0 Å². The van der Waals surface area contributed by atoms with Gasteiger partial charge in [-0.05, 0) is 45.2 Å². The van der Waals surface area contributed by atoms with Crippen LogP contribution in [0.3, 0.4) is 0 Å². The Kier molecular flexibility index (Phi) is 6.26. The van der Waals surface area contributed by atoms with E-state index in [1.165, 1.54) is 6.42 Å². The molecule has 0 aromatic heterocycles. The summed E-state index contributed by atoms with van der Waals surface area (Å²) in [4.78, 5) is 0. The first-order chi connectivity index (χ1) is 9.64. The normalized spacial score (nSPS) is 27.9. The average molecular weight is 303 g/mol. The van der Waals surface area contributed by atoms with Crippen LogP contribution in [-0.2, 0) is 10.2 Å². The molecule has 1 unspecified atom stereocenters. The summed E-state index contributed by atoms with van der Waals surface area (Å²) in [7, 11) is -1.30. The van der Waals surface area contributed by atoms with Gasteiger partial charge in [0.2, 0.25) is 0 Å². The second-order valence-corrected chi connectivity index (χ2v) is 8.03. The molecule has 1 atom stereocenters. The third kappa shape index (κ3) is 4.16. The van der Waals surface area contributed by atoms with Gasteiger partial charge >= 0.3 is 0 Å². The van der Waals surface area contributed by atoms with E-state index >= 15 is 0 Å². The van der Waals surface area contributed by atoms with E-state index in [0.717, 1.165) is 45.1 Å². The van der Waals surface area contributed by atoms with Gasteiger partial charge < -0.3 is 5.32 Å². The summed E-state index contributed by atoms with van der Waals surface area (Å²) in [5.74, 6) is 0.457. The Labute approximate surface area is 123 Å². The fourth-order valence-corrected chi connectivity index (χ4v) is 5.11. The van der Waals surface area contributed by atoms with Gasteiger partial charge in [0, 0.05) is 26.2 Å². The number of hydrogen-bond acceptors (Lipinski definition) is 3. The lowest BCUT2D eigenvalue weighted by Crippen LogP contribution is -2.49. The van der Waals surface area contributed by atoms with E-state index in [-0.39, 0.29) is 0 Å². The predicted octanol–water partition coefficient (Wildman–Crippen LogP) is 1.43. The molecule has 2 aliphatic heterocycles. The van der Waals surface area contributed by atoms with Gasteiger partial charge in [-0.25, -0.2) is 0 Å². The molecule has 6 heteroatoms. The summed E-state index contributed by atoms with van der Waals surface area (Å²) in [5, 5.41) is 3.17. The fraction of sp³-hybridized carbons (Fsp3) is 1.00. The molecule has 0 aliphatic carbocycles. The SMILES string of the molecule is CNCC1CCCN(S(=O)(=O)N2CCCCCCC2)C1. The van der Waals surface area contributed by atoms with Crippen molar-refractivity contribution < 1.29 is 8.42 Å². The molecule has 0 spiro atoms. The molecule has 2 heterocycles. The highest BCUT2D eigenvalue weighted by Crippen LogP contribution is 2.22. The lowest BCUT2D eigenvalue weighted by atomic mass is 10.00. The van der Waals surface area contributed by atoms with Crippen LogP contribution < -0.4 is 5.32 Å². The molecule has 20 heavy (non-hydrogen) atoms. The average Bonchev–Trinajstić information content (AvgIpc) is 2.38. The molecule has 0 radical (unpaired) electrons. The van der Waals surface area contributed by atoms with E-state index in [2.05, 4.69) is 5.32 Å². The summed E-state index contributed by atoms with van der Waals surface area (Å²) in [5.41, 5.74) is 0. The van der Waals surface area contributed by atoms with Crippen LogP contribution in [0.1, 0.15) is 44.9 Å². The molecule has 0 saturated carbocycles. The highest BCUT2D eigenvalue weighted by atomic mass is 32.2. The van der Waals surface area contributed by atoms with E-state index in [0.29, 0.717) is 32.1 Å². The zero-order valence-corrected chi connectivity index (χ0v) is 13.5. The zero-order chi connectivity index (χ0) is 14.4. The van der Waals surface area contributed by atoms with Crippen molar-refractivity contribution in [2.75, 3.05) is 39.8 Å². The second-order valence-electron chi connectivity index (χ2n) is 6.10. The maximum Gasteiger partial charge on any atom is 0.281 e. The first-order valence-corrected chi connectivity index (χ1v) is 9.44. The second kappa shape index (κ2) is 7.73. The van der Waals surface area contributed by atoms with Gasteiger partial charge in [-0.3, -0.25) is 0 Å². The fourth-order valence-electron chi connectivity index (χ4n) is 3.30. The maximum absolute atomic E-state index is 12.8. The van der Waals surface area contributed by atoms with Gasteiger partial charge in [0.25, 0.3) is 10.2 Å². The number of rotatable bonds is 4. The van der Waals surface area contributed by atoms with Crippen molar-refractivity contribution in [2.24, 2.45) is 5.92 Å². The predicted molar refractivity (Wildman–Crippen MR) is 81.8 cm³/mol. The quantitative estimate of drug-likeness (QED) is 0.855. The van der Waals surface area contributed by atoms with Crippen LogP contribution in [0.5, 0.6) is 0 Å². The van der Waals surface area contributed by atoms with Crippen LogP contribution in [0, 0.1) is 5.92 Å². The maximum atomic E-state index is 12.8. The number of nitrogens with one attached hydrogen (secondary N) is 1. The largest absolute Gasteiger partial charge is 0.319 e. The zero-order valence-electron chi connectivity index (χ0n) is 12.7. The van der Waals surface area contributed by atoms with Gasteiger partial charge in [0.05, 0.1) is 0 Å². The number of piperidine rings is 1. The molecule has 0 aromatic carbocycles. The van der Waals surface area contributed by atoms with Crippen molar-refractivity contribution in [3.63, 3.8) is 0 Å². The van der Waals surface area contributed by atoms with Gasteiger partial charge in [0.15, 0.2) is 0 Å². The van der Waals surface area contributed by atoms with Crippen molar-refractivity contribution in [1.82, 2.24) is 13.9 Å². The molecule has 0 bridgehead atoms. The van der Waals surface area contributed by atoms with Gasteiger partial charge in [-0.1, -0.05) is 19.3 Å². The van der Waals surface area contributed by atoms with E-state index in [9.17, 15) is 8.42 Å². The minimum atomic E-state index is -3.24. The van der Waals surface area contributed by atoms with Crippen LogP contribution in [0.2, 0.25) is 0 Å². The minimum Gasteiger partial charge on any atom is -0.319 e. The summed E-state index contributed by atoms with van der Waals surface area (Å²) in [6.45, 7) is 3.69. The van der Waals surface area contributed by atoms with Gasteiger partial charge in [-0.2, -0.15) is 17.0 Å². The van der Waals surface area contributed by atoms with Crippen LogP contribution >= 0.6 is 0 Å². The Morgan fingerprint density at radius 3 is 2.20 bits per heavy atom. The third-order valence-electron chi connectivity index (χ3n) is 4.44. The molecular weight excluding hydrogens is 274 g/mol. The molecule has 2 rings (SSSR count). The van der Waals surface area contributed by atoms with Crippen LogP contribution in [0.15, 0.2) is 0 Å². The van der Waals surface area contributed by atoms with Crippen LogP contribution in [-0.4, -0.2) is 56.8 Å². The molecule has 0 aromatic rings. The molecule has 5 nitrogen and oxygen atoms in total. The summed E-state index contributed by atoms with van der Waals surface area (Å²) < 4.78 is 29.0. The smallest absolute Gasteiger partial charge is 0.281 e. The molecule has 2 fully saturated rings. The summed E-state index contributed by atoms with van der Waals surface area (Å²) >= 11 is 0. The molecule has 0 amide bonds. The van der Waals surface area contributed by atoms with Crippen LogP contribution in [0.4, 0.5) is 0 Å². The van der Waals surface area contributed by atoms with E-state index in [1.807, 2.05) is 7.05 Å². The highest BCUT2D eigenvalue weighted by Gasteiger charge is 2.33. The van der Waals surface area contributed by atoms with Crippen molar-refractivity contribution in [2.45, 2.75) is 44.9 Å². The molecule has 118 valence electrons. The van der Waals surface area contributed by atoms with Crippen molar-refractivity contribution >= 4 is 10.2 Å². The van der Waals surface area contributed by atoms with Crippen molar-refractivity contribution in [3.05, 3.63) is 0 Å². The monoisotopic (exact) mass is 303 g/mol. The Morgan fingerprint density at radius 2 is 1.55 bits per heavy atom. The lowest BCUT2D eigenvalue weighted by molar-refractivity contribution is 0.240.